The standard InChI is InChI=1S/C12H18BNO3/c1-11(2)12(3,4)17-13(16-11)9-6-7-10(15-5)14-8-9/h6-8H,1-5H3/i6D,7D,8D. The number of hydrogen-bond donors (Lipinski definition) is 0. The van der Waals surface area contributed by atoms with Crippen molar-refractivity contribution in [3.05, 3.63) is 18.3 Å². The second-order valence-corrected chi connectivity index (χ2v) is 4.98. The fourth-order valence-electron chi connectivity index (χ4n) is 1.46. The molecule has 5 heteroatoms. The molecular weight excluding hydrogens is 217 g/mol. The summed E-state index contributed by atoms with van der Waals surface area (Å²) in [6.07, 6.45) is -0.165. The largest absolute Gasteiger partial charge is 0.496 e. The van der Waals surface area contributed by atoms with Gasteiger partial charge in [0.2, 0.25) is 5.88 Å². The van der Waals surface area contributed by atoms with Gasteiger partial charge in [-0.15, -0.1) is 0 Å². The number of ether oxygens (including phenoxy) is 1. The summed E-state index contributed by atoms with van der Waals surface area (Å²) in [6, 6.07) is -0.325. The second-order valence-electron chi connectivity index (χ2n) is 4.98. The van der Waals surface area contributed by atoms with E-state index in [9.17, 15) is 0 Å². The maximum Gasteiger partial charge on any atom is 0.496 e. The van der Waals surface area contributed by atoms with Crippen LogP contribution < -0.4 is 10.2 Å². The van der Waals surface area contributed by atoms with Gasteiger partial charge in [0.15, 0.2) is 0 Å². The van der Waals surface area contributed by atoms with E-state index in [1.165, 1.54) is 7.11 Å². The smallest absolute Gasteiger partial charge is 0.481 e. The summed E-state index contributed by atoms with van der Waals surface area (Å²) in [7, 11) is 0.482. The quantitative estimate of drug-likeness (QED) is 0.730. The van der Waals surface area contributed by atoms with Gasteiger partial charge in [-0.25, -0.2) is 4.98 Å². The van der Waals surface area contributed by atoms with E-state index < -0.39 is 18.3 Å². The Balaban J connectivity index is 2.48. The van der Waals surface area contributed by atoms with Crippen LogP contribution in [0.15, 0.2) is 18.3 Å². The van der Waals surface area contributed by atoms with Crippen molar-refractivity contribution in [2.24, 2.45) is 0 Å². The molecule has 0 N–H and O–H groups in total. The molecule has 0 amide bonds. The number of nitrogens with zero attached hydrogens (tertiary/aromatic N) is 1. The number of hydrogen-bond acceptors (Lipinski definition) is 4. The molecule has 1 aromatic heterocycles. The summed E-state index contributed by atoms with van der Waals surface area (Å²) in [4.78, 5) is 3.87. The molecule has 1 aliphatic heterocycles. The first-order chi connectivity index (χ1) is 9.10. The van der Waals surface area contributed by atoms with Crippen molar-refractivity contribution < 1.29 is 18.2 Å². The molecule has 0 saturated carbocycles. The highest BCUT2D eigenvalue weighted by atomic mass is 16.7. The van der Waals surface area contributed by atoms with Gasteiger partial charge in [-0.05, 0) is 33.7 Å². The molecule has 2 heterocycles. The van der Waals surface area contributed by atoms with Crippen LogP contribution in [-0.4, -0.2) is 30.4 Å². The number of aromatic nitrogens is 1. The van der Waals surface area contributed by atoms with E-state index in [-0.39, 0.29) is 29.6 Å². The van der Waals surface area contributed by atoms with E-state index in [2.05, 4.69) is 4.98 Å². The van der Waals surface area contributed by atoms with Crippen molar-refractivity contribution in [1.29, 1.82) is 0 Å². The molecule has 1 fully saturated rings. The van der Waals surface area contributed by atoms with Crippen LogP contribution in [0.1, 0.15) is 31.8 Å². The SMILES string of the molecule is [2H]c1nc(OC)c([2H])c([2H])c1B1OC(C)(C)C(C)(C)O1. The molecule has 0 spiro atoms. The van der Waals surface area contributed by atoms with E-state index in [0.29, 0.717) is 0 Å². The monoisotopic (exact) mass is 238 g/mol. The fraction of sp³-hybridized carbons (Fsp3) is 0.583. The Kier molecular flexibility index (Phi) is 2.10. The first-order valence-corrected chi connectivity index (χ1v) is 5.48. The molecule has 1 saturated heterocycles. The zero-order valence-electron chi connectivity index (χ0n) is 13.7. The van der Waals surface area contributed by atoms with E-state index in [1.807, 2.05) is 27.7 Å². The average molecular weight is 238 g/mol. The van der Waals surface area contributed by atoms with Crippen LogP contribution in [-0.2, 0) is 9.31 Å². The van der Waals surface area contributed by atoms with Gasteiger partial charge in [0.25, 0.3) is 0 Å². The molecular formula is C12H18BNO3. The lowest BCUT2D eigenvalue weighted by atomic mass is 9.80. The first kappa shape index (κ1) is 8.94. The Morgan fingerprint density at radius 2 is 1.82 bits per heavy atom. The van der Waals surface area contributed by atoms with Crippen LogP contribution >= 0.6 is 0 Å². The van der Waals surface area contributed by atoms with Crippen LogP contribution in [0.3, 0.4) is 0 Å². The van der Waals surface area contributed by atoms with Crippen LogP contribution in [0.5, 0.6) is 5.88 Å². The second kappa shape index (κ2) is 4.00. The van der Waals surface area contributed by atoms with Crippen molar-refractivity contribution >= 4 is 12.6 Å². The van der Waals surface area contributed by atoms with Gasteiger partial charge in [0, 0.05) is 11.6 Å². The summed E-state index contributed by atoms with van der Waals surface area (Å²) in [5.41, 5.74) is -0.980. The number of pyridine rings is 1. The molecule has 1 aliphatic rings. The normalized spacial score (nSPS) is 24.1. The lowest BCUT2D eigenvalue weighted by molar-refractivity contribution is 0.00578. The van der Waals surface area contributed by atoms with Crippen LogP contribution in [0, 0.1) is 0 Å². The summed E-state index contributed by atoms with van der Waals surface area (Å²) >= 11 is 0. The Hall–Kier alpha value is -1.07. The Bertz CT molecular complexity index is 535. The molecule has 0 atom stereocenters. The molecule has 2 rings (SSSR count). The fourth-order valence-corrected chi connectivity index (χ4v) is 1.46. The summed E-state index contributed by atoms with van der Waals surface area (Å²) in [5, 5.41) is 0. The highest BCUT2D eigenvalue weighted by Crippen LogP contribution is 2.36. The summed E-state index contributed by atoms with van der Waals surface area (Å²) in [6.45, 7) is 7.55. The van der Waals surface area contributed by atoms with E-state index in [1.54, 1.807) is 0 Å². The Labute approximate surface area is 107 Å². The Morgan fingerprint density at radius 1 is 1.24 bits per heavy atom. The van der Waals surface area contributed by atoms with Crippen molar-refractivity contribution in [2.75, 3.05) is 7.11 Å². The third-order valence-corrected chi connectivity index (χ3v) is 3.26. The third-order valence-electron chi connectivity index (χ3n) is 3.26. The first-order valence-electron chi connectivity index (χ1n) is 6.98. The minimum absolute atomic E-state index is 0.0414. The predicted molar refractivity (Wildman–Crippen MR) is 66.5 cm³/mol. The molecule has 0 radical (unpaired) electrons. The van der Waals surface area contributed by atoms with Crippen molar-refractivity contribution in [3.63, 3.8) is 0 Å². The van der Waals surface area contributed by atoms with Crippen molar-refractivity contribution in [2.45, 2.75) is 38.9 Å². The van der Waals surface area contributed by atoms with Gasteiger partial charge < -0.3 is 14.0 Å². The Morgan fingerprint density at radius 3 is 2.35 bits per heavy atom. The molecule has 0 unspecified atom stereocenters. The summed E-state index contributed by atoms with van der Waals surface area (Å²) in [5.74, 6) is -0.0414. The van der Waals surface area contributed by atoms with Crippen LogP contribution in [0.25, 0.3) is 0 Å². The van der Waals surface area contributed by atoms with E-state index >= 15 is 0 Å². The van der Waals surface area contributed by atoms with Gasteiger partial charge in [-0.2, -0.15) is 0 Å². The zero-order valence-corrected chi connectivity index (χ0v) is 10.7. The third kappa shape index (κ3) is 2.17. The zero-order chi connectivity index (χ0) is 15.3. The maximum atomic E-state index is 8.02. The van der Waals surface area contributed by atoms with Crippen molar-refractivity contribution in [1.82, 2.24) is 4.98 Å². The van der Waals surface area contributed by atoms with Gasteiger partial charge >= 0.3 is 7.12 Å². The molecule has 92 valence electrons. The number of rotatable bonds is 2. The molecule has 0 bridgehead atoms. The molecule has 17 heavy (non-hydrogen) atoms. The number of methoxy groups -OCH3 is 1. The van der Waals surface area contributed by atoms with Crippen molar-refractivity contribution in [3.8, 4) is 5.88 Å². The van der Waals surface area contributed by atoms with Gasteiger partial charge in [-0.3, -0.25) is 0 Å². The van der Waals surface area contributed by atoms with Crippen LogP contribution in [0.2, 0.25) is 0 Å². The van der Waals surface area contributed by atoms with Gasteiger partial charge in [-0.1, -0.05) is 6.04 Å². The molecule has 1 aromatic rings. The molecule has 0 aliphatic carbocycles. The lowest BCUT2D eigenvalue weighted by Gasteiger charge is -2.32. The highest BCUT2D eigenvalue weighted by Gasteiger charge is 2.51. The van der Waals surface area contributed by atoms with Gasteiger partial charge in [0.05, 0.1) is 22.4 Å². The maximum absolute atomic E-state index is 8.02. The topological polar surface area (TPSA) is 40.6 Å². The van der Waals surface area contributed by atoms with Gasteiger partial charge in [0.1, 0.15) is 0 Å². The molecule has 4 nitrogen and oxygen atoms in total. The van der Waals surface area contributed by atoms with Crippen LogP contribution in [0.4, 0.5) is 0 Å². The van der Waals surface area contributed by atoms with E-state index in [4.69, 9.17) is 18.2 Å². The predicted octanol–water partition coefficient (Wildman–Crippen LogP) is 1.39. The lowest BCUT2D eigenvalue weighted by Crippen LogP contribution is -2.41. The molecule has 0 aromatic carbocycles. The average Bonchev–Trinajstić information content (AvgIpc) is 2.53. The van der Waals surface area contributed by atoms with E-state index in [0.717, 1.165) is 0 Å². The minimum atomic E-state index is -0.873. The minimum Gasteiger partial charge on any atom is -0.481 e. The highest BCUT2D eigenvalue weighted by molar-refractivity contribution is 6.62. The summed E-state index contributed by atoms with van der Waals surface area (Å²) < 4.78 is 40.3.